The molecule has 0 unspecified atom stereocenters. The molecule has 2 aromatic carbocycles. The summed E-state index contributed by atoms with van der Waals surface area (Å²) in [7, 11) is 0. The van der Waals surface area contributed by atoms with Gasteiger partial charge in [0.05, 0.1) is 0 Å². The minimum Gasteiger partial charge on any atom is -0.326 e. The normalized spacial score (nSPS) is 10.7. The standard InChI is InChI=1S/C21H18N2O2S/c1-15(24)22-17-7-9-18(10-8-17)23-21(25)14-12-19-11-13-20(26-19)16-5-3-2-4-6-16/h2-14H,1H3,(H,22,24)(H,23,25). The van der Waals surface area contributed by atoms with Gasteiger partial charge < -0.3 is 10.6 Å². The third kappa shape index (κ3) is 4.91. The van der Waals surface area contributed by atoms with Gasteiger partial charge in [0.1, 0.15) is 0 Å². The van der Waals surface area contributed by atoms with Gasteiger partial charge in [0.25, 0.3) is 0 Å². The molecule has 26 heavy (non-hydrogen) atoms. The second-order valence-electron chi connectivity index (χ2n) is 5.65. The third-order valence-electron chi connectivity index (χ3n) is 3.56. The summed E-state index contributed by atoms with van der Waals surface area (Å²) >= 11 is 1.63. The van der Waals surface area contributed by atoms with E-state index in [2.05, 4.69) is 28.8 Å². The van der Waals surface area contributed by atoms with E-state index in [0.717, 1.165) is 4.88 Å². The van der Waals surface area contributed by atoms with E-state index >= 15 is 0 Å². The Labute approximate surface area is 156 Å². The number of thiophene rings is 1. The van der Waals surface area contributed by atoms with Crippen LogP contribution in [0.15, 0.2) is 72.8 Å². The summed E-state index contributed by atoms with van der Waals surface area (Å²) in [5.41, 5.74) is 2.53. The average molecular weight is 362 g/mol. The van der Waals surface area contributed by atoms with Gasteiger partial charge in [-0.25, -0.2) is 0 Å². The maximum Gasteiger partial charge on any atom is 0.248 e. The zero-order valence-electron chi connectivity index (χ0n) is 14.2. The van der Waals surface area contributed by atoms with Gasteiger partial charge in [-0.05, 0) is 48.0 Å². The fraction of sp³-hybridized carbons (Fsp3) is 0.0476. The van der Waals surface area contributed by atoms with Gasteiger partial charge in [-0.1, -0.05) is 30.3 Å². The predicted octanol–water partition coefficient (Wildman–Crippen LogP) is 5.03. The van der Waals surface area contributed by atoms with E-state index in [1.807, 2.05) is 24.3 Å². The van der Waals surface area contributed by atoms with Gasteiger partial charge in [-0.3, -0.25) is 9.59 Å². The van der Waals surface area contributed by atoms with E-state index in [1.54, 1.807) is 41.7 Å². The molecule has 0 fully saturated rings. The van der Waals surface area contributed by atoms with Gasteiger partial charge in [0.15, 0.2) is 0 Å². The Balaban J connectivity index is 1.59. The van der Waals surface area contributed by atoms with E-state index in [-0.39, 0.29) is 11.8 Å². The topological polar surface area (TPSA) is 58.2 Å². The Bertz CT molecular complexity index is 928. The van der Waals surface area contributed by atoms with Crippen molar-refractivity contribution in [1.29, 1.82) is 0 Å². The molecule has 5 heteroatoms. The van der Waals surface area contributed by atoms with Crippen LogP contribution >= 0.6 is 11.3 Å². The van der Waals surface area contributed by atoms with Crippen LogP contribution in [-0.2, 0) is 9.59 Å². The molecular formula is C21H18N2O2S. The number of amides is 2. The van der Waals surface area contributed by atoms with Crippen molar-refractivity contribution < 1.29 is 9.59 Å². The number of hydrogen-bond acceptors (Lipinski definition) is 3. The first-order valence-electron chi connectivity index (χ1n) is 8.12. The molecule has 0 spiro atoms. The predicted molar refractivity (Wildman–Crippen MR) is 108 cm³/mol. The van der Waals surface area contributed by atoms with E-state index in [1.165, 1.54) is 23.4 Å². The van der Waals surface area contributed by atoms with Crippen LogP contribution in [0.2, 0.25) is 0 Å². The van der Waals surface area contributed by atoms with Crippen LogP contribution in [0.1, 0.15) is 11.8 Å². The van der Waals surface area contributed by atoms with Crippen molar-refractivity contribution in [3.05, 3.63) is 77.7 Å². The van der Waals surface area contributed by atoms with Crippen LogP contribution in [0.4, 0.5) is 11.4 Å². The van der Waals surface area contributed by atoms with Crippen molar-refractivity contribution in [3.63, 3.8) is 0 Å². The van der Waals surface area contributed by atoms with Crippen molar-refractivity contribution >= 4 is 40.6 Å². The van der Waals surface area contributed by atoms with Crippen LogP contribution in [0.25, 0.3) is 16.5 Å². The Morgan fingerprint density at radius 1 is 0.846 bits per heavy atom. The molecule has 0 saturated heterocycles. The van der Waals surface area contributed by atoms with E-state index < -0.39 is 0 Å². The van der Waals surface area contributed by atoms with Crippen molar-refractivity contribution in [2.24, 2.45) is 0 Å². The number of anilines is 2. The van der Waals surface area contributed by atoms with E-state index in [0.29, 0.717) is 11.4 Å². The van der Waals surface area contributed by atoms with Crippen LogP contribution in [0, 0.1) is 0 Å². The molecule has 0 aliphatic rings. The zero-order valence-corrected chi connectivity index (χ0v) is 15.0. The largest absolute Gasteiger partial charge is 0.326 e. The van der Waals surface area contributed by atoms with E-state index in [4.69, 9.17) is 0 Å². The van der Waals surface area contributed by atoms with Crippen LogP contribution in [0.3, 0.4) is 0 Å². The lowest BCUT2D eigenvalue weighted by Gasteiger charge is -2.05. The van der Waals surface area contributed by atoms with Crippen molar-refractivity contribution in [2.75, 3.05) is 10.6 Å². The highest BCUT2D eigenvalue weighted by Crippen LogP contribution is 2.28. The molecule has 0 aliphatic carbocycles. The van der Waals surface area contributed by atoms with Gasteiger partial charge >= 0.3 is 0 Å². The second kappa shape index (κ2) is 8.27. The molecule has 3 aromatic rings. The van der Waals surface area contributed by atoms with Gasteiger partial charge in [0.2, 0.25) is 11.8 Å². The molecular weight excluding hydrogens is 344 g/mol. The quantitative estimate of drug-likeness (QED) is 0.626. The van der Waals surface area contributed by atoms with Crippen molar-refractivity contribution in [2.45, 2.75) is 6.92 Å². The van der Waals surface area contributed by atoms with Crippen LogP contribution in [0.5, 0.6) is 0 Å². The first-order chi connectivity index (χ1) is 12.6. The first kappa shape index (κ1) is 17.6. The number of carbonyl (C=O) groups is 2. The molecule has 4 nitrogen and oxygen atoms in total. The number of rotatable bonds is 5. The smallest absolute Gasteiger partial charge is 0.248 e. The molecule has 0 aliphatic heterocycles. The molecule has 3 rings (SSSR count). The molecule has 2 N–H and O–H groups in total. The molecule has 130 valence electrons. The molecule has 0 atom stereocenters. The molecule has 0 saturated carbocycles. The lowest BCUT2D eigenvalue weighted by Crippen LogP contribution is -2.08. The Hall–Kier alpha value is -3.18. The first-order valence-corrected chi connectivity index (χ1v) is 8.94. The highest BCUT2D eigenvalue weighted by atomic mass is 32.1. The summed E-state index contributed by atoms with van der Waals surface area (Å²) in [5.74, 6) is -0.331. The van der Waals surface area contributed by atoms with Crippen LogP contribution < -0.4 is 10.6 Å². The van der Waals surface area contributed by atoms with Crippen molar-refractivity contribution in [3.8, 4) is 10.4 Å². The second-order valence-corrected chi connectivity index (χ2v) is 6.76. The van der Waals surface area contributed by atoms with Crippen LogP contribution in [-0.4, -0.2) is 11.8 Å². The summed E-state index contributed by atoms with van der Waals surface area (Å²) in [6, 6.07) is 21.2. The summed E-state index contributed by atoms with van der Waals surface area (Å²) in [6.07, 6.45) is 3.32. The van der Waals surface area contributed by atoms with Crippen molar-refractivity contribution in [1.82, 2.24) is 0 Å². The highest BCUT2D eigenvalue weighted by Gasteiger charge is 2.02. The van der Waals surface area contributed by atoms with E-state index in [9.17, 15) is 9.59 Å². The summed E-state index contributed by atoms with van der Waals surface area (Å²) in [4.78, 5) is 25.2. The third-order valence-corrected chi connectivity index (χ3v) is 4.66. The molecule has 1 heterocycles. The number of nitrogens with one attached hydrogen (secondary N) is 2. The molecule has 1 aromatic heterocycles. The number of benzene rings is 2. The molecule has 0 radical (unpaired) electrons. The van der Waals surface area contributed by atoms with Gasteiger partial charge in [-0.2, -0.15) is 0 Å². The minimum absolute atomic E-state index is 0.129. The fourth-order valence-corrected chi connectivity index (χ4v) is 3.30. The maximum atomic E-state index is 12.1. The summed E-state index contributed by atoms with van der Waals surface area (Å²) in [5, 5.41) is 5.48. The molecule has 0 bridgehead atoms. The Kier molecular flexibility index (Phi) is 5.61. The lowest BCUT2D eigenvalue weighted by atomic mass is 10.2. The summed E-state index contributed by atoms with van der Waals surface area (Å²) < 4.78 is 0. The number of hydrogen-bond donors (Lipinski definition) is 2. The monoisotopic (exact) mass is 362 g/mol. The Morgan fingerprint density at radius 2 is 1.50 bits per heavy atom. The highest BCUT2D eigenvalue weighted by molar-refractivity contribution is 7.16. The molecule has 2 amide bonds. The lowest BCUT2D eigenvalue weighted by molar-refractivity contribution is -0.114. The van der Waals surface area contributed by atoms with Gasteiger partial charge in [-0.15, -0.1) is 11.3 Å². The van der Waals surface area contributed by atoms with Gasteiger partial charge in [0, 0.05) is 34.1 Å². The SMILES string of the molecule is CC(=O)Nc1ccc(NC(=O)C=Cc2ccc(-c3ccccc3)s2)cc1. The number of carbonyl (C=O) groups excluding carboxylic acids is 2. The zero-order chi connectivity index (χ0) is 18.4. The minimum atomic E-state index is -0.202. The maximum absolute atomic E-state index is 12.1. The fourth-order valence-electron chi connectivity index (χ4n) is 2.38. The Morgan fingerprint density at radius 3 is 2.15 bits per heavy atom. The average Bonchev–Trinajstić information content (AvgIpc) is 3.11. The summed E-state index contributed by atoms with van der Waals surface area (Å²) in [6.45, 7) is 1.45.